The smallest absolute Gasteiger partial charge is 0.311 e. The van der Waals surface area contributed by atoms with Gasteiger partial charge in [-0.3, -0.25) is 15.0 Å². The molecule has 1 N–H and O–H groups in total. The average molecular weight is 194 g/mol. The summed E-state index contributed by atoms with van der Waals surface area (Å²) in [5.74, 6) is -0.246. The summed E-state index contributed by atoms with van der Waals surface area (Å²) < 4.78 is 0. The summed E-state index contributed by atoms with van der Waals surface area (Å²) in [6.45, 7) is 1.44. The lowest BCUT2D eigenvalue weighted by Crippen LogP contribution is -2.07. The summed E-state index contributed by atoms with van der Waals surface area (Å²) in [5.41, 5.74) is 1.69. The lowest BCUT2D eigenvalue weighted by Gasteiger charge is -2.02. The number of aromatic hydroxyl groups is 1. The van der Waals surface area contributed by atoms with Crippen LogP contribution in [0, 0.1) is 10.1 Å². The summed E-state index contributed by atoms with van der Waals surface area (Å²) in [6.07, 6.45) is 0. The molecule has 0 saturated carbocycles. The summed E-state index contributed by atoms with van der Waals surface area (Å²) in [6, 6.07) is 2.94. The van der Waals surface area contributed by atoms with Gasteiger partial charge in [0.15, 0.2) is 5.75 Å². The van der Waals surface area contributed by atoms with E-state index in [9.17, 15) is 15.2 Å². The minimum Gasteiger partial charge on any atom is -0.502 e. The predicted molar refractivity (Wildman–Crippen MR) is 49.9 cm³/mol. The van der Waals surface area contributed by atoms with Crippen LogP contribution < -0.4 is 0 Å². The maximum Gasteiger partial charge on any atom is 0.311 e. The summed E-state index contributed by atoms with van der Waals surface area (Å²) in [7, 11) is 1.93. The summed E-state index contributed by atoms with van der Waals surface area (Å²) in [5, 5.41) is 19.9. The Kier molecular flexibility index (Phi) is 1.89. The fourth-order valence-electron chi connectivity index (χ4n) is 1.74. The highest BCUT2D eigenvalue weighted by Gasteiger charge is 2.22. The van der Waals surface area contributed by atoms with Gasteiger partial charge in [-0.25, -0.2) is 0 Å². The number of phenols is 1. The van der Waals surface area contributed by atoms with E-state index in [0.29, 0.717) is 6.54 Å². The number of nitrogens with zero attached hydrogens (tertiary/aromatic N) is 2. The van der Waals surface area contributed by atoms with E-state index in [-0.39, 0.29) is 11.4 Å². The molecule has 1 aliphatic rings. The Bertz CT molecular complexity index is 403. The molecule has 0 aromatic heterocycles. The van der Waals surface area contributed by atoms with Crippen LogP contribution in [0.3, 0.4) is 0 Å². The highest BCUT2D eigenvalue weighted by molar-refractivity contribution is 5.52. The molecule has 5 nitrogen and oxygen atoms in total. The number of nitro benzene ring substituents is 1. The fraction of sp³-hybridized carbons (Fsp3) is 0.333. The Morgan fingerprint density at radius 2 is 2.00 bits per heavy atom. The third-order valence-corrected chi connectivity index (χ3v) is 2.37. The van der Waals surface area contributed by atoms with Crippen molar-refractivity contribution in [2.75, 3.05) is 7.05 Å². The van der Waals surface area contributed by atoms with E-state index in [1.54, 1.807) is 0 Å². The van der Waals surface area contributed by atoms with Gasteiger partial charge in [0.1, 0.15) is 0 Å². The molecule has 1 heterocycles. The van der Waals surface area contributed by atoms with Crippen LogP contribution in [0.1, 0.15) is 11.1 Å². The van der Waals surface area contributed by atoms with Gasteiger partial charge in [-0.1, -0.05) is 0 Å². The van der Waals surface area contributed by atoms with Crippen molar-refractivity contribution in [2.24, 2.45) is 0 Å². The van der Waals surface area contributed by atoms with Crippen molar-refractivity contribution >= 4 is 5.69 Å². The second-order valence-corrected chi connectivity index (χ2v) is 3.54. The molecule has 0 unspecified atom stereocenters. The molecule has 2 rings (SSSR count). The largest absolute Gasteiger partial charge is 0.502 e. The molecule has 0 aliphatic carbocycles. The molecule has 0 bridgehead atoms. The molecule has 0 saturated heterocycles. The van der Waals surface area contributed by atoms with E-state index in [1.165, 1.54) is 12.1 Å². The zero-order valence-electron chi connectivity index (χ0n) is 7.73. The van der Waals surface area contributed by atoms with E-state index in [2.05, 4.69) is 0 Å². The van der Waals surface area contributed by atoms with E-state index < -0.39 is 4.92 Å². The van der Waals surface area contributed by atoms with Crippen molar-refractivity contribution < 1.29 is 10.0 Å². The summed E-state index contributed by atoms with van der Waals surface area (Å²) in [4.78, 5) is 12.0. The van der Waals surface area contributed by atoms with Crippen LogP contribution in [0.25, 0.3) is 0 Å². The third kappa shape index (κ3) is 1.31. The van der Waals surface area contributed by atoms with Crippen molar-refractivity contribution in [2.45, 2.75) is 13.1 Å². The molecular formula is C9H10N2O3. The highest BCUT2D eigenvalue weighted by atomic mass is 16.6. The van der Waals surface area contributed by atoms with Crippen molar-refractivity contribution in [1.82, 2.24) is 4.90 Å². The second-order valence-electron chi connectivity index (χ2n) is 3.54. The fourth-order valence-corrected chi connectivity index (χ4v) is 1.74. The molecule has 0 amide bonds. The maximum atomic E-state index is 10.5. The normalized spacial score (nSPS) is 15.5. The van der Waals surface area contributed by atoms with Crippen molar-refractivity contribution in [3.05, 3.63) is 33.4 Å². The Morgan fingerprint density at radius 3 is 2.57 bits per heavy atom. The highest BCUT2D eigenvalue weighted by Crippen LogP contribution is 2.33. The minimum absolute atomic E-state index is 0.209. The Balaban J connectivity index is 2.50. The topological polar surface area (TPSA) is 66.6 Å². The van der Waals surface area contributed by atoms with Gasteiger partial charge in [0.2, 0.25) is 0 Å². The van der Waals surface area contributed by atoms with Crippen LogP contribution in [-0.4, -0.2) is 22.0 Å². The standard InChI is InChI=1S/C9H10N2O3/c1-10-4-6-2-8(11(13)14)9(12)3-7(6)5-10/h2-3,12H,4-5H2,1H3. The third-order valence-electron chi connectivity index (χ3n) is 2.37. The van der Waals surface area contributed by atoms with Crippen LogP contribution in [0.15, 0.2) is 12.1 Å². The lowest BCUT2D eigenvalue weighted by molar-refractivity contribution is -0.385. The molecular weight excluding hydrogens is 184 g/mol. The van der Waals surface area contributed by atoms with Crippen molar-refractivity contribution in [3.63, 3.8) is 0 Å². The second kappa shape index (κ2) is 2.95. The van der Waals surface area contributed by atoms with Gasteiger partial charge in [0, 0.05) is 19.2 Å². The molecule has 14 heavy (non-hydrogen) atoms. The lowest BCUT2D eigenvalue weighted by atomic mass is 10.1. The molecule has 74 valence electrons. The van der Waals surface area contributed by atoms with E-state index in [1.807, 2.05) is 11.9 Å². The molecule has 0 atom stereocenters. The number of fused-ring (bicyclic) bond motifs is 1. The number of hydrogen-bond donors (Lipinski definition) is 1. The zero-order chi connectivity index (χ0) is 10.3. The van der Waals surface area contributed by atoms with Crippen molar-refractivity contribution in [1.29, 1.82) is 0 Å². The molecule has 1 aromatic carbocycles. The quantitative estimate of drug-likeness (QED) is 0.539. The van der Waals surface area contributed by atoms with Gasteiger partial charge < -0.3 is 5.11 Å². The van der Waals surface area contributed by atoms with Gasteiger partial charge in [0.25, 0.3) is 0 Å². The molecule has 0 spiro atoms. The number of rotatable bonds is 1. The van der Waals surface area contributed by atoms with Crippen LogP contribution in [0.5, 0.6) is 5.75 Å². The van der Waals surface area contributed by atoms with Crippen LogP contribution in [0.4, 0.5) is 5.69 Å². The van der Waals surface area contributed by atoms with Crippen LogP contribution in [-0.2, 0) is 13.1 Å². The minimum atomic E-state index is -0.562. The van der Waals surface area contributed by atoms with E-state index in [0.717, 1.165) is 17.7 Å². The monoisotopic (exact) mass is 194 g/mol. The van der Waals surface area contributed by atoms with Gasteiger partial charge in [0.05, 0.1) is 4.92 Å². The first-order valence-corrected chi connectivity index (χ1v) is 4.25. The molecule has 0 fully saturated rings. The van der Waals surface area contributed by atoms with Crippen LogP contribution in [0.2, 0.25) is 0 Å². The maximum absolute atomic E-state index is 10.5. The molecule has 0 radical (unpaired) electrons. The predicted octanol–water partition coefficient (Wildman–Crippen LogP) is 1.25. The van der Waals surface area contributed by atoms with Gasteiger partial charge in [-0.15, -0.1) is 0 Å². The first-order chi connectivity index (χ1) is 6.58. The number of benzene rings is 1. The number of phenolic OH excluding ortho intramolecular Hbond substituents is 1. The van der Waals surface area contributed by atoms with E-state index in [4.69, 9.17) is 0 Å². The Hall–Kier alpha value is -1.62. The number of nitro groups is 1. The van der Waals surface area contributed by atoms with Gasteiger partial charge >= 0.3 is 5.69 Å². The number of hydrogen-bond acceptors (Lipinski definition) is 4. The van der Waals surface area contributed by atoms with Crippen LogP contribution >= 0.6 is 0 Å². The average Bonchev–Trinajstić information content (AvgIpc) is 2.42. The first-order valence-electron chi connectivity index (χ1n) is 4.25. The Morgan fingerprint density at radius 1 is 1.43 bits per heavy atom. The zero-order valence-corrected chi connectivity index (χ0v) is 7.73. The Labute approximate surface area is 80.7 Å². The first kappa shape index (κ1) is 8.96. The van der Waals surface area contributed by atoms with Gasteiger partial charge in [-0.2, -0.15) is 0 Å². The SMILES string of the molecule is CN1Cc2cc(O)c([N+](=O)[O-])cc2C1. The van der Waals surface area contributed by atoms with Crippen molar-refractivity contribution in [3.8, 4) is 5.75 Å². The molecule has 5 heteroatoms. The molecule has 1 aromatic rings. The van der Waals surface area contributed by atoms with E-state index >= 15 is 0 Å². The molecule has 1 aliphatic heterocycles. The van der Waals surface area contributed by atoms with Gasteiger partial charge in [-0.05, 0) is 24.2 Å². The summed E-state index contributed by atoms with van der Waals surface area (Å²) >= 11 is 0.